The van der Waals surface area contributed by atoms with Crippen LogP contribution in [0.3, 0.4) is 0 Å². The minimum Gasteiger partial charge on any atom is -0.353 e. The Morgan fingerprint density at radius 3 is 2.83 bits per heavy atom. The van der Waals surface area contributed by atoms with Crippen molar-refractivity contribution < 1.29 is 4.79 Å². The first kappa shape index (κ1) is 8.09. The summed E-state index contributed by atoms with van der Waals surface area (Å²) in [6.07, 6.45) is 6.65. The van der Waals surface area contributed by atoms with Crippen molar-refractivity contribution in [3.05, 3.63) is 0 Å². The van der Waals surface area contributed by atoms with Gasteiger partial charge in [-0.15, -0.1) is 0 Å². The quantitative estimate of drug-likeness (QED) is 0.632. The molecule has 2 aliphatic rings. The van der Waals surface area contributed by atoms with Crippen LogP contribution in [0.25, 0.3) is 0 Å². The first-order chi connectivity index (χ1) is 5.77. The molecule has 0 radical (unpaired) electrons. The Bertz CT molecular complexity index is 190. The molecule has 3 atom stereocenters. The molecule has 2 nitrogen and oxygen atoms in total. The highest BCUT2D eigenvalue weighted by Gasteiger charge is 2.43. The van der Waals surface area contributed by atoms with Crippen LogP contribution >= 0.6 is 0 Å². The van der Waals surface area contributed by atoms with Gasteiger partial charge in [0.2, 0.25) is 5.91 Å². The zero-order chi connectivity index (χ0) is 8.55. The van der Waals surface area contributed by atoms with Gasteiger partial charge >= 0.3 is 0 Å². The molecule has 1 amide bonds. The summed E-state index contributed by atoms with van der Waals surface area (Å²) in [5.74, 6) is 1.92. The number of carbonyl (C=O) groups excluding carboxylic acids is 1. The van der Waals surface area contributed by atoms with E-state index in [1.165, 1.54) is 32.1 Å². The van der Waals surface area contributed by atoms with Crippen molar-refractivity contribution >= 4 is 5.91 Å². The highest BCUT2D eigenvalue weighted by atomic mass is 16.1. The molecule has 0 aromatic rings. The lowest BCUT2D eigenvalue weighted by atomic mass is 10.1. The van der Waals surface area contributed by atoms with Crippen molar-refractivity contribution in [2.24, 2.45) is 11.8 Å². The molecule has 0 heterocycles. The number of nitrogens with one attached hydrogen (secondary N) is 1. The number of rotatable bonds is 1. The molecule has 2 aliphatic carbocycles. The van der Waals surface area contributed by atoms with Gasteiger partial charge in [-0.1, -0.05) is 19.3 Å². The summed E-state index contributed by atoms with van der Waals surface area (Å²) >= 11 is 0. The van der Waals surface area contributed by atoms with Crippen molar-refractivity contribution in [1.82, 2.24) is 5.32 Å². The summed E-state index contributed by atoms with van der Waals surface area (Å²) in [4.78, 5) is 10.9. The van der Waals surface area contributed by atoms with Crippen LogP contribution in [0.15, 0.2) is 0 Å². The van der Waals surface area contributed by atoms with Gasteiger partial charge in [-0.05, 0) is 24.7 Å². The Balaban J connectivity index is 1.90. The van der Waals surface area contributed by atoms with Gasteiger partial charge in [-0.25, -0.2) is 0 Å². The molecule has 0 saturated heterocycles. The van der Waals surface area contributed by atoms with Crippen LogP contribution in [-0.2, 0) is 4.79 Å². The minimum atomic E-state index is 0.146. The van der Waals surface area contributed by atoms with Gasteiger partial charge < -0.3 is 5.32 Å². The summed E-state index contributed by atoms with van der Waals surface area (Å²) in [6, 6.07) is 0.509. The number of carbonyl (C=O) groups is 1. The number of hydrogen-bond acceptors (Lipinski definition) is 1. The average Bonchev–Trinajstić information content (AvgIpc) is 2.71. The monoisotopic (exact) mass is 167 g/mol. The molecular formula is C10H17NO. The second-order valence-corrected chi connectivity index (χ2v) is 4.25. The summed E-state index contributed by atoms with van der Waals surface area (Å²) < 4.78 is 0. The van der Waals surface area contributed by atoms with Crippen molar-refractivity contribution in [2.45, 2.75) is 45.1 Å². The lowest BCUT2D eigenvalue weighted by molar-refractivity contribution is -0.119. The smallest absolute Gasteiger partial charge is 0.217 e. The first-order valence-electron chi connectivity index (χ1n) is 5.04. The Labute approximate surface area is 73.7 Å². The van der Waals surface area contributed by atoms with Gasteiger partial charge in [0.05, 0.1) is 0 Å². The summed E-state index contributed by atoms with van der Waals surface area (Å²) in [5.41, 5.74) is 0. The predicted octanol–water partition coefficient (Wildman–Crippen LogP) is 1.70. The SMILES string of the molecule is CC(=O)NC1CCCCC2CC21. The van der Waals surface area contributed by atoms with E-state index < -0.39 is 0 Å². The van der Waals surface area contributed by atoms with Crippen LogP contribution in [0.4, 0.5) is 0 Å². The third kappa shape index (κ3) is 1.62. The van der Waals surface area contributed by atoms with Gasteiger partial charge in [0, 0.05) is 13.0 Å². The van der Waals surface area contributed by atoms with Crippen LogP contribution < -0.4 is 5.32 Å². The van der Waals surface area contributed by atoms with Crippen molar-refractivity contribution in [3.8, 4) is 0 Å². The lowest BCUT2D eigenvalue weighted by Gasteiger charge is -2.15. The van der Waals surface area contributed by atoms with E-state index in [4.69, 9.17) is 0 Å². The predicted molar refractivity (Wildman–Crippen MR) is 47.7 cm³/mol. The normalized spacial score (nSPS) is 39.6. The molecule has 68 valence electrons. The maximum atomic E-state index is 10.9. The molecule has 12 heavy (non-hydrogen) atoms. The van der Waals surface area contributed by atoms with E-state index in [0.29, 0.717) is 6.04 Å². The van der Waals surface area contributed by atoms with Gasteiger partial charge in [-0.2, -0.15) is 0 Å². The number of hydrogen-bond donors (Lipinski definition) is 1. The van der Waals surface area contributed by atoms with E-state index in [1.807, 2.05) is 0 Å². The fourth-order valence-electron chi connectivity index (χ4n) is 2.52. The largest absolute Gasteiger partial charge is 0.353 e. The molecule has 2 fully saturated rings. The van der Waals surface area contributed by atoms with Gasteiger partial charge in [0.15, 0.2) is 0 Å². The molecule has 0 aromatic carbocycles. The van der Waals surface area contributed by atoms with Crippen LogP contribution in [0.1, 0.15) is 39.0 Å². The second kappa shape index (κ2) is 3.08. The molecule has 2 rings (SSSR count). The van der Waals surface area contributed by atoms with E-state index in [9.17, 15) is 4.79 Å². The Morgan fingerprint density at radius 2 is 2.08 bits per heavy atom. The van der Waals surface area contributed by atoms with Gasteiger partial charge in [-0.3, -0.25) is 4.79 Å². The summed E-state index contributed by atoms with van der Waals surface area (Å²) in [5, 5.41) is 3.07. The fourth-order valence-corrected chi connectivity index (χ4v) is 2.52. The molecule has 0 aromatic heterocycles. The van der Waals surface area contributed by atoms with Crippen LogP contribution in [0.5, 0.6) is 0 Å². The summed E-state index contributed by atoms with van der Waals surface area (Å²) in [7, 11) is 0. The van der Waals surface area contributed by atoms with E-state index in [-0.39, 0.29) is 5.91 Å². The van der Waals surface area contributed by atoms with E-state index in [1.54, 1.807) is 6.92 Å². The molecule has 0 bridgehead atoms. The van der Waals surface area contributed by atoms with Crippen LogP contribution in [-0.4, -0.2) is 11.9 Å². The molecule has 0 aliphatic heterocycles. The van der Waals surface area contributed by atoms with Gasteiger partial charge in [0.25, 0.3) is 0 Å². The number of fused-ring (bicyclic) bond motifs is 1. The Kier molecular flexibility index (Phi) is 2.07. The Morgan fingerprint density at radius 1 is 1.33 bits per heavy atom. The molecular weight excluding hydrogens is 150 g/mol. The van der Waals surface area contributed by atoms with Crippen LogP contribution in [0.2, 0.25) is 0 Å². The molecule has 3 unspecified atom stereocenters. The maximum Gasteiger partial charge on any atom is 0.217 e. The standard InChI is InChI=1S/C10H17NO/c1-7(12)11-10-5-3-2-4-8-6-9(8)10/h8-10H,2-6H2,1H3,(H,11,12). The van der Waals surface area contributed by atoms with Crippen LogP contribution in [0, 0.1) is 11.8 Å². The topological polar surface area (TPSA) is 29.1 Å². The lowest BCUT2D eigenvalue weighted by Crippen LogP contribution is -2.34. The molecule has 2 saturated carbocycles. The molecule has 0 spiro atoms. The highest BCUT2D eigenvalue weighted by Crippen LogP contribution is 2.48. The minimum absolute atomic E-state index is 0.146. The fraction of sp³-hybridized carbons (Fsp3) is 0.900. The Hall–Kier alpha value is -0.530. The third-order valence-corrected chi connectivity index (χ3v) is 3.22. The zero-order valence-electron chi connectivity index (χ0n) is 7.68. The van der Waals surface area contributed by atoms with E-state index in [0.717, 1.165) is 11.8 Å². The van der Waals surface area contributed by atoms with E-state index in [2.05, 4.69) is 5.32 Å². The van der Waals surface area contributed by atoms with Crippen molar-refractivity contribution in [1.29, 1.82) is 0 Å². The molecule has 1 N–H and O–H groups in total. The highest BCUT2D eigenvalue weighted by molar-refractivity contribution is 5.73. The zero-order valence-corrected chi connectivity index (χ0v) is 7.68. The van der Waals surface area contributed by atoms with Crippen molar-refractivity contribution in [3.63, 3.8) is 0 Å². The molecule has 2 heteroatoms. The third-order valence-electron chi connectivity index (χ3n) is 3.22. The van der Waals surface area contributed by atoms with Crippen molar-refractivity contribution in [2.75, 3.05) is 0 Å². The first-order valence-corrected chi connectivity index (χ1v) is 5.04. The summed E-state index contributed by atoms with van der Waals surface area (Å²) in [6.45, 7) is 1.63. The second-order valence-electron chi connectivity index (χ2n) is 4.25. The maximum absolute atomic E-state index is 10.9. The van der Waals surface area contributed by atoms with Gasteiger partial charge in [0.1, 0.15) is 0 Å². The van der Waals surface area contributed by atoms with E-state index >= 15 is 0 Å². The average molecular weight is 167 g/mol. The number of amides is 1.